The van der Waals surface area contributed by atoms with Crippen molar-refractivity contribution in [2.75, 3.05) is 33.4 Å². The quantitative estimate of drug-likeness (QED) is 0.737. The van der Waals surface area contributed by atoms with Crippen LogP contribution in [0.15, 0.2) is 24.4 Å². The highest BCUT2D eigenvalue weighted by Crippen LogP contribution is 2.29. The number of piperidine rings is 1. The van der Waals surface area contributed by atoms with E-state index in [0.29, 0.717) is 13.2 Å². The number of aryl methyl sites for hydroxylation is 1. The van der Waals surface area contributed by atoms with Crippen molar-refractivity contribution in [1.82, 2.24) is 15.6 Å². The number of hydrogen-bond acceptors (Lipinski definition) is 3. The van der Waals surface area contributed by atoms with E-state index in [-0.39, 0.29) is 23.7 Å². The number of amides is 1. The molecule has 1 aliphatic rings. The Bertz CT molecular complexity index is 702. The molecule has 2 aromatic rings. The number of hydrogen-bond donors (Lipinski definition) is 3. The molecular weight excluding hydrogens is 338 g/mol. The number of benzene rings is 1. The van der Waals surface area contributed by atoms with Gasteiger partial charge < -0.3 is 20.4 Å². The van der Waals surface area contributed by atoms with Crippen LogP contribution in [-0.4, -0.2) is 44.2 Å². The standard InChI is InChI=1S/C19H27N3O2.ClH/c1-14-4-3-5-16-17(14)15(12-22-16)6-9-21-18(23)19(13-24-2)7-10-20-11-8-19;/h3-5,12,20,22H,6-11,13H2,1-2H3,(H,21,23);1H. The van der Waals surface area contributed by atoms with Gasteiger partial charge in [0.1, 0.15) is 0 Å². The van der Waals surface area contributed by atoms with Crippen molar-refractivity contribution in [2.45, 2.75) is 26.2 Å². The Morgan fingerprint density at radius 1 is 1.32 bits per heavy atom. The van der Waals surface area contributed by atoms with Crippen molar-refractivity contribution in [3.8, 4) is 0 Å². The minimum Gasteiger partial charge on any atom is -0.384 e. The Morgan fingerprint density at radius 2 is 2.08 bits per heavy atom. The van der Waals surface area contributed by atoms with Crippen LogP contribution in [-0.2, 0) is 16.0 Å². The summed E-state index contributed by atoms with van der Waals surface area (Å²) >= 11 is 0. The number of aromatic nitrogens is 1. The molecule has 0 aliphatic carbocycles. The first-order valence-electron chi connectivity index (χ1n) is 8.70. The van der Waals surface area contributed by atoms with Crippen LogP contribution in [0.3, 0.4) is 0 Å². The van der Waals surface area contributed by atoms with E-state index in [1.165, 1.54) is 16.5 Å². The van der Waals surface area contributed by atoms with Gasteiger partial charge in [-0.25, -0.2) is 0 Å². The van der Waals surface area contributed by atoms with E-state index >= 15 is 0 Å². The summed E-state index contributed by atoms with van der Waals surface area (Å²) in [7, 11) is 1.67. The molecule has 0 saturated carbocycles. The van der Waals surface area contributed by atoms with Gasteiger partial charge in [0, 0.05) is 30.8 Å². The molecule has 1 aromatic heterocycles. The van der Waals surface area contributed by atoms with Crippen LogP contribution >= 0.6 is 12.4 Å². The molecule has 1 amide bonds. The molecule has 0 unspecified atom stereocenters. The maximum Gasteiger partial charge on any atom is 0.228 e. The van der Waals surface area contributed by atoms with E-state index in [4.69, 9.17) is 4.74 Å². The molecule has 1 aliphatic heterocycles. The second-order valence-corrected chi connectivity index (χ2v) is 6.78. The Morgan fingerprint density at radius 3 is 2.80 bits per heavy atom. The van der Waals surface area contributed by atoms with E-state index < -0.39 is 0 Å². The lowest BCUT2D eigenvalue weighted by atomic mass is 9.78. The van der Waals surface area contributed by atoms with E-state index in [1.807, 2.05) is 0 Å². The summed E-state index contributed by atoms with van der Waals surface area (Å²) in [6.07, 6.45) is 4.55. The zero-order valence-electron chi connectivity index (χ0n) is 15.0. The first-order chi connectivity index (χ1) is 11.7. The maximum absolute atomic E-state index is 12.7. The molecule has 25 heavy (non-hydrogen) atoms. The highest BCUT2D eigenvalue weighted by molar-refractivity contribution is 5.87. The fourth-order valence-corrected chi connectivity index (χ4v) is 3.77. The van der Waals surface area contributed by atoms with Crippen molar-refractivity contribution >= 4 is 29.2 Å². The van der Waals surface area contributed by atoms with Gasteiger partial charge in [0.25, 0.3) is 0 Å². The summed E-state index contributed by atoms with van der Waals surface area (Å²) in [5.74, 6) is 0.127. The van der Waals surface area contributed by atoms with Crippen molar-refractivity contribution in [2.24, 2.45) is 5.41 Å². The van der Waals surface area contributed by atoms with E-state index in [9.17, 15) is 4.79 Å². The van der Waals surface area contributed by atoms with Gasteiger partial charge >= 0.3 is 0 Å². The molecule has 3 rings (SSSR count). The Kier molecular flexibility index (Phi) is 6.87. The van der Waals surface area contributed by atoms with Crippen molar-refractivity contribution < 1.29 is 9.53 Å². The number of fused-ring (bicyclic) bond motifs is 1. The number of rotatable bonds is 6. The molecule has 0 bridgehead atoms. The average Bonchev–Trinajstić information content (AvgIpc) is 3.00. The van der Waals surface area contributed by atoms with Gasteiger partial charge in [0.15, 0.2) is 0 Å². The summed E-state index contributed by atoms with van der Waals surface area (Å²) in [6, 6.07) is 6.28. The molecule has 1 fully saturated rings. The molecule has 138 valence electrons. The van der Waals surface area contributed by atoms with Gasteiger partial charge in [-0.15, -0.1) is 12.4 Å². The molecule has 5 nitrogen and oxygen atoms in total. The van der Waals surface area contributed by atoms with Gasteiger partial charge in [0.05, 0.1) is 12.0 Å². The largest absolute Gasteiger partial charge is 0.384 e. The highest BCUT2D eigenvalue weighted by Gasteiger charge is 2.39. The van der Waals surface area contributed by atoms with Gasteiger partial charge in [-0.2, -0.15) is 0 Å². The molecule has 6 heteroatoms. The molecule has 2 heterocycles. The Hall–Kier alpha value is -1.56. The maximum atomic E-state index is 12.7. The first-order valence-corrected chi connectivity index (χ1v) is 8.70. The lowest BCUT2D eigenvalue weighted by Crippen LogP contribution is -2.50. The summed E-state index contributed by atoms with van der Waals surface area (Å²) in [5, 5.41) is 7.74. The molecular formula is C19H28ClN3O2. The van der Waals surface area contributed by atoms with Crippen molar-refractivity contribution in [3.63, 3.8) is 0 Å². The van der Waals surface area contributed by atoms with Crippen molar-refractivity contribution in [3.05, 3.63) is 35.5 Å². The number of H-pyrrole nitrogens is 1. The predicted molar refractivity (Wildman–Crippen MR) is 103 cm³/mol. The molecule has 1 saturated heterocycles. The molecule has 3 N–H and O–H groups in total. The first kappa shape index (κ1) is 19.8. The fourth-order valence-electron chi connectivity index (χ4n) is 3.77. The number of nitrogens with one attached hydrogen (secondary N) is 3. The smallest absolute Gasteiger partial charge is 0.228 e. The minimum absolute atomic E-state index is 0. The molecule has 0 atom stereocenters. The molecule has 0 spiro atoms. The molecule has 1 aromatic carbocycles. The average molecular weight is 366 g/mol. The number of aromatic amines is 1. The van der Waals surface area contributed by atoms with E-state index in [0.717, 1.165) is 37.9 Å². The van der Waals surface area contributed by atoms with Crippen LogP contribution in [0, 0.1) is 12.3 Å². The van der Waals surface area contributed by atoms with Crippen molar-refractivity contribution in [1.29, 1.82) is 0 Å². The second-order valence-electron chi connectivity index (χ2n) is 6.78. The SMILES string of the molecule is COCC1(C(=O)NCCc2c[nH]c3cccc(C)c23)CCNCC1.Cl. The topological polar surface area (TPSA) is 66.1 Å². The van der Waals surface area contributed by atoms with Gasteiger partial charge in [-0.3, -0.25) is 4.79 Å². The third-order valence-electron chi connectivity index (χ3n) is 5.14. The number of methoxy groups -OCH3 is 1. The Labute approximate surface area is 155 Å². The van der Waals surface area contributed by atoms with E-state index in [1.54, 1.807) is 7.11 Å². The van der Waals surface area contributed by atoms with Crippen LogP contribution in [0.4, 0.5) is 0 Å². The second kappa shape index (κ2) is 8.70. The van der Waals surface area contributed by atoms with Crippen LogP contribution < -0.4 is 10.6 Å². The number of ether oxygens (including phenoxy) is 1. The fraction of sp³-hybridized carbons (Fsp3) is 0.526. The zero-order valence-corrected chi connectivity index (χ0v) is 15.8. The van der Waals surface area contributed by atoms with Gasteiger partial charge in [0.2, 0.25) is 5.91 Å². The Balaban J connectivity index is 0.00000225. The molecule has 0 radical (unpaired) electrons. The van der Waals surface area contributed by atoms with Gasteiger partial charge in [-0.05, 0) is 56.5 Å². The monoisotopic (exact) mass is 365 g/mol. The lowest BCUT2D eigenvalue weighted by molar-refractivity contribution is -0.136. The third-order valence-corrected chi connectivity index (χ3v) is 5.14. The number of halogens is 1. The van der Waals surface area contributed by atoms with Crippen LogP contribution in [0.5, 0.6) is 0 Å². The minimum atomic E-state index is -0.379. The summed E-state index contributed by atoms with van der Waals surface area (Å²) in [4.78, 5) is 16.1. The third kappa shape index (κ3) is 4.17. The van der Waals surface area contributed by atoms with Crippen LogP contribution in [0.1, 0.15) is 24.0 Å². The predicted octanol–water partition coefficient (Wildman–Crippen LogP) is 2.57. The number of carbonyl (C=O) groups is 1. The van der Waals surface area contributed by atoms with Crippen LogP contribution in [0.2, 0.25) is 0 Å². The highest BCUT2D eigenvalue weighted by atomic mass is 35.5. The van der Waals surface area contributed by atoms with E-state index in [2.05, 4.69) is 46.9 Å². The van der Waals surface area contributed by atoms with Gasteiger partial charge in [-0.1, -0.05) is 12.1 Å². The lowest BCUT2D eigenvalue weighted by Gasteiger charge is -2.35. The zero-order chi connectivity index (χ0) is 17.0. The normalized spacial score (nSPS) is 16.4. The number of carbonyl (C=O) groups excluding carboxylic acids is 1. The summed E-state index contributed by atoms with van der Waals surface area (Å²) in [5.41, 5.74) is 3.31. The summed E-state index contributed by atoms with van der Waals surface area (Å²) < 4.78 is 5.34. The van der Waals surface area contributed by atoms with Crippen LogP contribution in [0.25, 0.3) is 10.9 Å². The summed E-state index contributed by atoms with van der Waals surface area (Å²) in [6.45, 7) is 5.02.